The first-order valence-corrected chi connectivity index (χ1v) is 12.2. The fourth-order valence-electron chi connectivity index (χ4n) is 4.47. The van der Waals surface area contributed by atoms with Crippen LogP contribution in [0.2, 0.25) is 0 Å². The molecule has 0 bridgehead atoms. The van der Waals surface area contributed by atoms with Gasteiger partial charge < -0.3 is 18.9 Å². The van der Waals surface area contributed by atoms with E-state index in [4.69, 9.17) is 18.9 Å². The predicted molar refractivity (Wildman–Crippen MR) is 137 cm³/mol. The molecule has 3 aromatic carbocycles. The molecule has 3 aromatic rings. The number of ketones is 1. The van der Waals surface area contributed by atoms with Crippen molar-refractivity contribution in [2.24, 2.45) is 0 Å². The second kappa shape index (κ2) is 9.76. The van der Waals surface area contributed by atoms with Crippen LogP contribution in [0.4, 0.5) is 0 Å². The Morgan fingerprint density at radius 3 is 2.54 bits per heavy atom. The maximum Gasteiger partial charge on any atom is 0.231 e. The van der Waals surface area contributed by atoms with Gasteiger partial charge in [0.05, 0.1) is 19.8 Å². The van der Waals surface area contributed by atoms with Crippen LogP contribution in [-0.2, 0) is 13.0 Å². The molecule has 0 saturated heterocycles. The monoisotopic (exact) mass is 535 g/mol. The second-order valence-electron chi connectivity index (χ2n) is 8.62. The molecule has 35 heavy (non-hydrogen) atoms. The third kappa shape index (κ3) is 4.66. The number of allylic oxidation sites excluding steroid dienone is 1. The van der Waals surface area contributed by atoms with Crippen LogP contribution in [0.1, 0.15) is 32.6 Å². The Morgan fingerprint density at radius 2 is 1.80 bits per heavy atom. The Labute approximate surface area is 213 Å². The summed E-state index contributed by atoms with van der Waals surface area (Å²) in [5.74, 6) is 3.08. The van der Waals surface area contributed by atoms with Crippen molar-refractivity contribution in [3.05, 3.63) is 86.6 Å². The first-order chi connectivity index (χ1) is 17.0. The number of ether oxygens (including phenoxy) is 4. The average Bonchev–Trinajstić information content (AvgIpc) is 3.19. The zero-order valence-corrected chi connectivity index (χ0v) is 21.5. The van der Waals surface area contributed by atoms with Crippen LogP contribution >= 0.6 is 15.9 Å². The van der Waals surface area contributed by atoms with Gasteiger partial charge in [0.15, 0.2) is 17.3 Å². The normalized spacial score (nSPS) is 15.9. The van der Waals surface area contributed by atoms with E-state index < -0.39 is 0 Å². The Balaban J connectivity index is 1.32. The zero-order chi connectivity index (χ0) is 24.5. The minimum absolute atomic E-state index is 0.101. The summed E-state index contributed by atoms with van der Waals surface area (Å²) in [5, 5.41) is 0. The molecule has 0 radical (unpaired) electrons. The summed E-state index contributed by atoms with van der Waals surface area (Å²) in [6.45, 7) is 3.95. The highest BCUT2D eigenvalue weighted by Crippen LogP contribution is 2.43. The molecule has 0 aliphatic carbocycles. The van der Waals surface area contributed by atoms with E-state index in [2.05, 4.69) is 20.8 Å². The molecule has 0 amide bonds. The minimum Gasteiger partial charge on any atom is -0.493 e. The number of hydrogen-bond donors (Lipinski definition) is 0. The summed E-state index contributed by atoms with van der Waals surface area (Å²) in [4.78, 5) is 15.4. The smallest absolute Gasteiger partial charge is 0.231 e. The Bertz CT molecular complexity index is 1320. The van der Waals surface area contributed by atoms with Crippen molar-refractivity contribution in [3.8, 4) is 23.0 Å². The largest absolute Gasteiger partial charge is 0.493 e. The Hall–Kier alpha value is -3.29. The molecule has 6 nitrogen and oxygen atoms in total. The number of carbonyl (C=O) groups is 1. The summed E-state index contributed by atoms with van der Waals surface area (Å²) in [6.07, 6.45) is 2.62. The zero-order valence-electron chi connectivity index (χ0n) is 19.9. The maximum atomic E-state index is 13.1. The number of hydrogen-bond acceptors (Lipinski definition) is 6. The lowest BCUT2D eigenvalue weighted by atomic mass is 10.00. The number of halogens is 1. The molecule has 2 aliphatic heterocycles. The van der Waals surface area contributed by atoms with Gasteiger partial charge in [-0.25, -0.2) is 0 Å². The van der Waals surface area contributed by atoms with Gasteiger partial charge in [-0.3, -0.25) is 9.69 Å². The van der Waals surface area contributed by atoms with Gasteiger partial charge in [-0.2, -0.15) is 0 Å². The van der Waals surface area contributed by atoms with Crippen LogP contribution in [0.3, 0.4) is 0 Å². The number of nitrogens with zero attached hydrogens (tertiary/aromatic N) is 1. The fourth-order valence-corrected chi connectivity index (χ4v) is 4.74. The van der Waals surface area contributed by atoms with Gasteiger partial charge >= 0.3 is 0 Å². The van der Waals surface area contributed by atoms with Crippen molar-refractivity contribution in [1.29, 1.82) is 0 Å². The third-order valence-corrected chi connectivity index (χ3v) is 6.86. The number of Topliss-reactive ketones (excluding diaryl/α,β-unsaturated/α-hetero) is 1. The Kier molecular flexibility index (Phi) is 6.54. The molecule has 0 fully saturated rings. The van der Waals surface area contributed by atoms with E-state index in [1.54, 1.807) is 20.3 Å². The summed E-state index contributed by atoms with van der Waals surface area (Å²) < 4.78 is 23.9. The first kappa shape index (κ1) is 23.5. The van der Waals surface area contributed by atoms with Crippen LogP contribution in [0.25, 0.3) is 6.08 Å². The van der Waals surface area contributed by atoms with E-state index in [-0.39, 0.29) is 5.78 Å². The first-order valence-electron chi connectivity index (χ1n) is 11.4. The van der Waals surface area contributed by atoms with Crippen LogP contribution in [-0.4, -0.2) is 38.2 Å². The quantitative estimate of drug-likeness (QED) is 0.372. The molecular weight excluding hydrogens is 510 g/mol. The maximum absolute atomic E-state index is 13.1. The average molecular weight is 536 g/mol. The number of fused-ring (bicyclic) bond motifs is 2. The van der Waals surface area contributed by atoms with Gasteiger partial charge in [0.25, 0.3) is 0 Å². The summed E-state index contributed by atoms with van der Waals surface area (Å²) in [7, 11) is 3.27. The molecule has 5 rings (SSSR count). The highest BCUT2D eigenvalue weighted by molar-refractivity contribution is 9.10. The van der Waals surface area contributed by atoms with E-state index in [1.165, 1.54) is 0 Å². The van der Waals surface area contributed by atoms with Crippen molar-refractivity contribution in [3.63, 3.8) is 0 Å². The van der Waals surface area contributed by atoms with Gasteiger partial charge in [0.1, 0.15) is 18.2 Å². The predicted octanol–water partition coefficient (Wildman–Crippen LogP) is 5.79. The Morgan fingerprint density at radius 1 is 1.03 bits per heavy atom. The molecule has 2 heterocycles. The SMILES string of the molecule is COc1ccc(CCN2COc3c(cc4c(c3C)O/C(=C\c3ccc(Br)cc3)C4=O)C2)cc1OC. The summed E-state index contributed by atoms with van der Waals surface area (Å²) in [5.41, 5.74) is 4.52. The standard InChI is InChI=1S/C28H26BrNO5/c1-17-27-20(14-22-26(31)25(35-28(17)22)13-18-4-7-21(29)8-5-18)15-30(16-34-27)11-10-19-6-9-23(32-2)24(12-19)33-3/h4-9,12-14H,10-11,15-16H2,1-3H3/b25-13-. The van der Waals surface area contributed by atoms with E-state index in [0.29, 0.717) is 30.3 Å². The van der Waals surface area contributed by atoms with Crippen LogP contribution in [0, 0.1) is 6.92 Å². The van der Waals surface area contributed by atoms with Crippen molar-refractivity contribution >= 4 is 27.8 Å². The lowest BCUT2D eigenvalue weighted by Gasteiger charge is -2.30. The van der Waals surface area contributed by atoms with Crippen LogP contribution < -0.4 is 18.9 Å². The number of methoxy groups -OCH3 is 2. The van der Waals surface area contributed by atoms with E-state index in [1.807, 2.05) is 55.5 Å². The molecule has 0 unspecified atom stereocenters. The number of benzene rings is 3. The minimum atomic E-state index is -0.101. The summed E-state index contributed by atoms with van der Waals surface area (Å²) >= 11 is 3.43. The van der Waals surface area contributed by atoms with E-state index in [9.17, 15) is 4.79 Å². The molecule has 0 saturated carbocycles. The highest BCUT2D eigenvalue weighted by atomic mass is 79.9. The molecule has 7 heteroatoms. The fraction of sp³-hybridized carbons (Fsp3) is 0.250. The third-order valence-electron chi connectivity index (χ3n) is 6.33. The van der Waals surface area contributed by atoms with Crippen LogP contribution in [0.15, 0.2) is 58.8 Å². The molecule has 2 aliphatic rings. The van der Waals surface area contributed by atoms with Gasteiger partial charge in [0, 0.05) is 28.7 Å². The van der Waals surface area contributed by atoms with E-state index in [0.717, 1.165) is 56.9 Å². The molecule has 0 N–H and O–H groups in total. The summed E-state index contributed by atoms with van der Waals surface area (Å²) in [6, 6.07) is 15.7. The number of rotatable bonds is 6. The van der Waals surface area contributed by atoms with Crippen molar-refractivity contribution in [2.45, 2.75) is 19.9 Å². The molecule has 0 atom stereocenters. The molecule has 0 aromatic heterocycles. The molecular formula is C28H26BrNO5. The molecule has 0 spiro atoms. The topological polar surface area (TPSA) is 57.2 Å². The highest BCUT2D eigenvalue weighted by Gasteiger charge is 2.33. The molecule has 180 valence electrons. The van der Waals surface area contributed by atoms with Gasteiger partial charge in [-0.05, 0) is 60.9 Å². The van der Waals surface area contributed by atoms with Gasteiger partial charge in [-0.1, -0.05) is 34.1 Å². The second-order valence-corrected chi connectivity index (χ2v) is 9.54. The van der Waals surface area contributed by atoms with Crippen molar-refractivity contribution < 1.29 is 23.7 Å². The van der Waals surface area contributed by atoms with Crippen molar-refractivity contribution in [2.75, 3.05) is 27.5 Å². The number of carbonyl (C=O) groups excluding carboxylic acids is 1. The lowest BCUT2D eigenvalue weighted by molar-refractivity contribution is 0.0953. The van der Waals surface area contributed by atoms with Gasteiger partial charge in [0.2, 0.25) is 5.78 Å². The van der Waals surface area contributed by atoms with Crippen LogP contribution in [0.5, 0.6) is 23.0 Å². The van der Waals surface area contributed by atoms with Crippen molar-refractivity contribution in [1.82, 2.24) is 4.90 Å². The lowest BCUT2D eigenvalue weighted by Crippen LogP contribution is -2.34. The van der Waals surface area contributed by atoms with Gasteiger partial charge in [-0.15, -0.1) is 0 Å². The van der Waals surface area contributed by atoms with E-state index >= 15 is 0 Å².